The lowest BCUT2D eigenvalue weighted by molar-refractivity contribution is -0.111. The van der Waals surface area contributed by atoms with Crippen LogP contribution in [-0.2, 0) is 4.79 Å². The van der Waals surface area contributed by atoms with Crippen LogP contribution in [-0.4, -0.2) is 10.9 Å². The lowest BCUT2D eigenvalue weighted by Gasteiger charge is -2.00. The molecule has 1 heterocycles. The Hall–Kier alpha value is -2.42. The highest BCUT2D eigenvalue weighted by Crippen LogP contribution is 2.06. The first kappa shape index (κ1) is 12.0. The van der Waals surface area contributed by atoms with Gasteiger partial charge in [0.15, 0.2) is 0 Å². The number of amides is 1. The maximum absolute atomic E-state index is 11.6. The van der Waals surface area contributed by atoms with E-state index >= 15 is 0 Å². The maximum atomic E-state index is 11.6. The summed E-state index contributed by atoms with van der Waals surface area (Å²) in [6.45, 7) is 2.03. The summed E-state index contributed by atoms with van der Waals surface area (Å²) in [7, 11) is 0. The molecule has 90 valence electrons. The van der Waals surface area contributed by atoms with Crippen LogP contribution >= 0.6 is 0 Å². The summed E-state index contributed by atoms with van der Waals surface area (Å²) in [5, 5.41) is 2.76. The van der Waals surface area contributed by atoms with E-state index in [-0.39, 0.29) is 5.91 Å². The Labute approximate surface area is 106 Å². The summed E-state index contributed by atoms with van der Waals surface area (Å²) in [6.07, 6.45) is 6.58. The van der Waals surface area contributed by atoms with Crippen LogP contribution < -0.4 is 5.32 Å². The fourth-order valence-corrected chi connectivity index (χ4v) is 1.47. The van der Waals surface area contributed by atoms with Crippen molar-refractivity contribution >= 4 is 17.7 Å². The molecular formula is C15H14N2O. The number of nitrogens with one attached hydrogen (secondary N) is 1. The Morgan fingerprint density at radius 1 is 1.11 bits per heavy atom. The molecule has 0 unspecified atom stereocenters. The van der Waals surface area contributed by atoms with Gasteiger partial charge in [-0.1, -0.05) is 29.8 Å². The van der Waals surface area contributed by atoms with Crippen LogP contribution in [0.1, 0.15) is 11.1 Å². The molecular weight excluding hydrogens is 224 g/mol. The molecule has 1 aromatic heterocycles. The first-order chi connectivity index (χ1) is 8.74. The van der Waals surface area contributed by atoms with Crippen molar-refractivity contribution < 1.29 is 4.79 Å². The molecule has 1 aromatic carbocycles. The van der Waals surface area contributed by atoms with Gasteiger partial charge in [0.2, 0.25) is 5.91 Å². The molecule has 0 saturated carbocycles. The van der Waals surface area contributed by atoms with Crippen LogP contribution in [0.15, 0.2) is 54.9 Å². The van der Waals surface area contributed by atoms with Crippen LogP contribution in [0.5, 0.6) is 0 Å². The van der Waals surface area contributed by atoms with Gasteiger partial charge in [-0.05, 0) is 30.7 Å². The molecule has 0 fully saturated rings. The highest BCUT2D eigenvalue weighted by Gasteiger charge is 1.96. The average molecular weight is 238 g/mol. The van der Waals surface area contributed by atoms with Gasteiger partial charge in [-0.15, -0.1) is 0 Å². The number of aromatic nitrogens is 1. The topological polar surface area (TPSA) is 42.0 Å². The van der Waals surface area contributed by atoms with Gasteiger partial charge < -0.3 is 5.32 Å². The lowest BCUT2D eigenvalue weighted by Crippen LogP contribution is -2.07. The Kier molecular flexibility index (Phi) is 3.86. The predicted octanol–water partition coefficient (Wildman–Crippen LogP) is 3.04. The molecule has 0 saturated heterocycles. The number of hydrogen-bond donors (Lipinski definition) is 1. The second-order valence-corrected chi connectivity index (χ2v) is 3.97. The zero-order valence-corrected chi connectivity index (χ0v) is 10.1. The van der Waals surface area contributed by atoms with Crippen LogP contribution in [0, 0.1) is 6.92 Å². The second kappa shape index (κ2) is 5.77. The molecule has 0 aliphatic heterocycles. The van der Waals surface area contributed by atoms with Crippen molar-refractivity contribution in [2.45, 2.75) is 6.92 Å². The lowest BCUT2D eigenvalue weighted by atomic mass is 10.1. The monoisotopic (exact) mass is 238 g/mol. The van der Waals surface area contributed by atoms with Crippen molar-refractivity contribution in [3.05, 3.63) is 66.0 Å². The summed E-state index contributed by atoms with van der Waals surface area (Å²) in [5.41, 5.74) is 2.95. The fraction of sp³-hybridized carbons (Fsp3) is 0.0667. The largest absolute Gasteiger partial charge is 0.322 e. The standard InChI is InChI=1S/C15H14N2O/c1-12-2-4-13(5-3-12)6-7-15(18)17-14-8-10-16-11-9-14/h2-11H,1H3,(H,16,17,18)/b7-6+. The van der Waals surface area contributed by atoms with Crippen molar-refractivity contribution in [2.24, 2.45) is 0 Å². The van der Waals surface area contributed by atoms with Crippen LogP contribution in [0.25, 0.3) is 6.08 Å². The maximum Gasteiger partial charge on any atom is 0.248 e. The van der Waals surface area contributed by atoms with Gasteiger partial charge in [-0.25, -0.2) is 0 Å². The number of aryl methyl sites for hydroxylation is 1. The first-order valence-electron chi connectivity index (χ1n) is 5.70. The zero-order valence-electron chi connectivity index (χ0n) is 10.1. The summed E-state index contributed by atoms with van der Waals surface area (Å²) in [4.78, 5) is 15.5. The normalized spacial score (nSPS) is 10.5. The van der Waals surface area contributed by atoms with E-state index in [0.717, 1.165) is 11.3 Å². The van der Waals surface area contributed by atoms with E-state index in [2.05, 4.69) is 10.3 Å². The molecule has 2 rings (SSSR count). The van der Waals surface area contributed by atoms with Crippen LogP contribution in [0.3, 0.4) is 0 Å². The van der Waals surface area contributed by atoms with Gasteiger partial charge in [0.1, 0.15) is 0 Å². The van der Waals surface area contributed by atoms with Crippen molar-refractivity contribution in [3.8, 4) is 0 Å². The Morgan fingerprint density at radius 3 is 2.44 bits per heavy atom. The molecule has 0 aliphatic carbocycles. The molecule has 0 aliphatic rings. The molecule has 0 spiro atoms. The molecule has 2 aromatic rings. The summed E-state index contributed by atoms with van der Waals surface area (Å²) < 4.78 is 0. The number of anilines is 1. The number of rotatable bonds is 3. The fourth-order valence-electron chi connectivity index (χ4n) is 1.47. The number of nitrogens with zero attached hydrogens (tertiary/aromatic N) is 1. The van der Waals surface area contributed by atoms with E-state index < -0.39 is 0 Å². The van der Waals surface area contributed by atoms with Crippen molar-refractivity contribution in [1.29, 1.82) is 0 Å². The number of hydrogen-bond acceptors (Lipinski definition) is 2. The third-order valence-electron chi connectivity index (χ3n) is 2.45. The third kappa shape index (κ3) is 3.56. The molecule has 0 bridgehead atoms. The minimum absolute atomic E-state index is 0.151. The van der Waals surface area contributed by atoms with E-state index in [1.54, 1.807) is 30.6 Å². The molecule has 3 nitrogen and oxygen atoms in total. The molecule has 3 heteroatoms. The minimum Gasteiger partial charge on any atom is -0.322 e. The molecule has 1 N–H and O–H groups in total. The number of pyridine rings is 1. The third-order valence-corrected chi connectivity index (χ3v) is 2.45. The predicted molar refractivity (Wildman–Crippen MR) is 73.1 cm³/mol. The van der Waals surface area contributed by atoms with Gasteiger partial charge in [0, 0.05) is 24.2 Å². The van der Waals surface area contributed by atoms with Gasteiger partial charge in [0.05, 0.1) is 0 Å². The molecule has 0 atom stereocenters. The zero-order chi connectivity index (χ0) is 12.8. The highest BCUT2D eigenvalue weighted by molar-refractivity contribution is 6.01. The Morgan fingerprint density at radius 2 is 1.78 bits per heavy atom. The highest BCUT2D eigenvalue weighted by atomic mass is 16.1. The second-order valence-electron chi connectivity index (χ2n) is 3.97. The van der Waals surface area contributed by atoms with Gasteiger partial charge in [-0.2, -0.15) is 0 Å². The van der Waals surface area contributed by atoms with E-state index in [9.17, 15) is 4.79 Å². The number of benzene rings is 1. The van der Waals surface area contributed by atoms with Crippen molar-refractivity contribution in [2.75, 3.05) is 5.32 Å². The summed E-state index contributed by atoms with van der Waals surface area (Å²) in [5.74, 6) is -0.151. The molecule has 0 radical (unpaired) electrons. The van der Waals surface area contributed by atoms with E-state index in [1.165, 1.54) is 11.6 Å². The summed E-state index contributed by atoms with van der Waals surface area (Å²) >= 11 is 0. The Bertz CT molecular complexity index is 544. The van der Waals surface area contributed by atoms with Crippen LogP contribution in [0.4, 0.5) is 5.69 Å². The van der Waals surface area contributed by atoms with E-state index in [1.807, 2.05) is 31.2 Å². The number of carbonyl (C=O) groups excluding carboxylic acids is 1. The number of carbonyl (C=O) groups is 1. The van der Waals surface area contributed by atoms with Crippen molar-refractivity contribution in [1.82, 2.24) is 4.98 Å². The van der Waals surface area contributed by atoms with Gasteiger partial charge in [-0.3, -0.25) is 9.78 Å². The van der Waals surface area contributed by atoms with E-state index in [0.29, 0.717) is 0 Å². The van der Waals surface area contributed by atoms with Crippen molar-refractivity contribution in [3.63, 3.8) is 0 Å². The minimum atomic E-state index is -0.151. The first-order valence-corrected chi connectivity index (χ1v) is 5.70. The Balaban J connectivity index is 1.97. The SMILES string of the molecule is Cc1ccc(/C=C/C(=O)Nc2ccncc2)cc1. The summed E-state index contributed by atoms with van der Waals surface area (Å²) in [6, 6.07) is 11.5. The molecule has 18 heavy (non-hydrogen) atoms. The average Bonchev–Trinajstić information content (AvgIpc) is 2.39. The van der Waals surface area contributed by atoms with E-state index in [4.69, 9.17) is 0 Å². The smallest absolute Gasteiger partial charge is 0.248 e. The molecule has 1 amide bonds. The van der Waals surface area contributed by atoms with Gasteiger partial charge >= 0.3 is 0 Å². The quantitative estimate of drug-likeness (QED) is 0.835. The van der Waals surface area contributed by atoms with Crippen LogP contribution in [0.2, 0.25) is 0 Å². The van der Waals surface area contributed by atoms with Gasteiger partial charge in [0.25, 0.3) is 0 Å².